The second-order valence-electron chi connectivity index (χ2n) is 15.9. The van der Waals surface area contributed by atoms with Crippen LogP contribution in [0.15, 0.2) is 42.5 Å². The minimum absolute atomic E-state index is 0.0979. The molecule has 3 unspecified atom stereocenters. The summed E-state index contributed by atoms with van der Waals surface area (Å²) < 4.78 is 158. The number of amides is 3. The number of urea groups is 1. The van der Waals surface area contributed by atoms with E-state index in [0.717, 1.165) is 28.4 Å². The quantitative estimate of drug-likeness (QED) is 0.0604. The summed E-state index contributed by atoms with van der Waals surface area (Å²) in [5, 5.41) is 21.7. The van der Waals surface area contributed by atoms with Crippen LogP contribution < -0.4 is 14.9 Å². The number of benzene rings is 2. The van der Waals surface area contributed by atoms with Crippen molar-refractivity contribution in [1.82, 2.24) is 35.2 Å². The predicted octanol–water partition coefficient (Wildman–Crippen LogP) is 8.63. The first-order valence-corrected chi connectivity index (χ1v) is 22.9. The van der Waals surface area contributed by atoms with Gasteiger partial charge in [-0.15, -0.1) is 0 Å². The van der Waals surface area contributed by atoms with Gasteiger partial charge >= 0.3 is 18.4 Å². The Morgan fingerprint density at radius 2 is 1.67 bits per heavy atom. The monoisotopic (exact) mass is 1010 g/mol. The third-order valence-electron chi connectivity index (χ3n) is 10.5. The lowest BCUT2D eigenvalue weighted by Crippen LogP contribution is -2.42. The van der Waals surface area contributed by atoms with E-state index in [-0.39, 0.29) is 54.5 Å². The normalized spacial score (nSPS) is 15.1. The van der Waals surface area contributed by atoms with E-state index < -0.39 is 125 Å². The van der Waals surface area contributed by atoms with E-state index in [0.29, 0.717) is 10.7 Å². The molecule has 2 aromatic carbocycles. The largest absolute Gasteiger partial charge is 0.435 e. The molecule has 67 heavy (non-hydrogen) atoms. The van der Waals surface area contributed by atoms with Gasteiger partial charge in [0.1, 0.15) is 40.9 Å². The van der Waals surface area contributed by atoms with Gasteiger partial charge in [0, 0.05) is 52.5 Å². The molecule has 6 rings (SSSR count). The number of aromatic nitrogens is 5. The number of carbonyl (C=O) groups is 2. The zero-order valence-electron chi connectivity index (χ0n) is 35.8. The number of fused-ring (bicyclic) bond motifs is 2. The molecule has 3 amide bonds. The van der Waals surface area contributed by atoms with Gasteiger partial charge in [-0.1, -0.05) is 23.6 Å². The van der Waals surface area contributed by atoms with Crippen LogP contribution in [0, 0.1) is 23.5 Å². The summed E-state index contributed by atoms with van der Waals surface area (Å²) in [5.74, 6) is -2.01. The number of halogens is 11. The number of carbonyl (C=O) groups excluding carboxylic acids is 2. The fourth-order valence-electron chi connectivity index (χ4n) is 7.25. The van der Waals surface area contributed by atoms with Gasteiger partial charge in [-0.3, -0.25) is 18.4 Å². The summed E-state index contributed by atoms with van der Waals surface area (Å²) in [6, 6.07) is 4.12. The van der Waals surface area contributed by atoms with Gasteiger partial charge in [-0.05, 0) is 87.4 Å². The average molecular weight is 1010 g/mol. The van der Waals surface area contributed by atoms with Crippen LogP contribution in [0.4, 0.5) is 54.5 Å². The van der Waals surface area contributed by atoms with Crippen molar-refractivity contribution < 1.29 is 62.8 Å². The summed E-state index contributed by atoms with van der Waals surface area (Å²) in [6.07, 6.45) is -9.60. The molecule has 0 spiro atoms. The minimum Gasteiger partial charge on any atom is -0.394 e. The highest BCUT2D eigenvalue weighted by Crippen LogP contribution is 2.47. The maximum absolute atomic E-state index is 15.1. The molecule has 1 aliphatic carbocycles. The van der Waals surface area contributed by atoms with Crippen molar-refractivity contribution in [2.24, 2.45) is 0 Å². The Hall–Kier alpha value is -5.38. The maximum Gasteiger partial charge on any atom is 0.435 e. The van der Waals surface area contributed by atoms with E-state index in [2.05, 4.69) is 37.7 Å². The molecule has 360 valence electrons. The third kappa shape index (κ3) is 11.3. The van der Waals surface area contributed by atoms with Crippen molar-refractivity contribution >= 4 is 63.0 Å². The molecule has 3 atom stereocenters. The molecule has 25 heteroatoms. The van der Waals surface area contributed by atoms with Crippen LogP contribution in [0.5, 0.6) is 0 Å². The number of nitrogens with zero attached hydrogens (tertiary/aromatic N) is 6. The maximum atomic E-state index is 15.1. The number of hydrogen-bond donors (Lipinski definition) is 3. The number of alkyl halides is 8. The van der Waals surface area contributed by atoms with Crippen LogP contribution in [-0.2, 0) is 53.6 Å². The summed E-state index contributed by atoms with van der Waals surface area (Å²) in [7, 11) is -1.53. The molecule has 3 aromatic heterocycles. The van der Waals surface area contributed by atoms with E-state index in [1.54, 1.807) is 13.8 Å². The molecule has 1 aliphatic rings. The van der Waals surface area contributed by atoms with Gasteiger partial charge < -0.3 is 15.7 Å². The molecule has 0 fully saturated rings. The van der Waals surface area contributed by atoms with Crippen molar-refractivity contribution in [2.45, 2.75) is 88.2 Å². The number of pyridine rings is 1. The van der Waals surface area contributed by atoms with E-state index in [1.165, 1.54) is 43.7 Å². The van der Waals surface area contributed by atoms with Gasteiger partial charge in [0.2, 0.25) is 5.91 Å². The smallest absolute Gasteiger partial charge is 0.394 e. The standard InChI is InChI=1S/C42H39ClF10N8O4S2/c1-21(19-62)54-38(64)61(66-4)37-32-29(43)9-8-27(34(32)60(58-37)20-41(48,49)50)26-7-6-25(10-12-39(2,3)67(5)65)55-33(26)30(16-22-14-23(44)17-24(45)15-22)56-31(63)18-59-36-28(11-13-40(36,46)47)35(57-59)42(51,52)53/h6-9,14-15,17,21,30,62H,11,13,16,18-20H2,1-5H3,(H,54,64)(H,56,63). The Bertz CT molecular complexity index is 2800. The van der Waals surface area contributed by atoms with Crippen LogP contribution in [0.2, 0.25) is 5.02 Å². The number of aliphatic hydroxyl groups excluding tert-OH is 1. The van der Waals surface area contributed by atoms with E-state index in [1.807, 2.05) is 0 Å². The first kappa shape index (κ1) is 51.0. The second kappa shape index (κ2) is 19.3. The molecule has 0 saturated carbocycles. The lowest BCUT2D eigenvalue weighted by molar-refractivity contribution is -0.142. The van der Waals surface area contributed by atoms with Gasteiger partial charge in [-0.25, -0.2) is 22.9 Å². The van der Waals surface area contributed by atoms with Crippen LogP contribution in [0.25, 0.3) is 22.0 Å². The molecule has 5 aromatic rings. The lowest BCUT2D eigenvalue weighted by atomic mass is 9.93. The number of aliphatic hydroxyl groups is 1. The molecule has 12 nitrogen and oxygen atoms in total. The van der Waals surface area contributed by atoms with Gasteiger partial charge in [-0.2, -0.15) is 45.3 Å². The first-order chi connectivity index (χ1) is 31.1. The average Bonchev–Trinajstić information content (AvgIpc) is 3.88. The molecule has 3 N–H and O–H groups in total. The topological polar surface area (TPSA) is 147 Å². The lowest BCUT2D eigenvalue weighted by Gasteiger charge is -2.23. The Labute approximate surface area is 387 Å². The fourth-order valence-corrected chi connectivity index (χ4v) is 8.21. The van der Waals surface area contributed by atoms with Gasteiger partial charge in [0.25, 0.3) is 5.92 Å². The Balaban J connectivity index is 1.62. The van der Waals surface area contributed by atoms with Crippen molar-refractivity contribution in [3.8, 4) is 23.0 Å². The Kier molecular flexibility index (Phi) is 14.7. The zero-order valence-corrected chi connectivity index (χ0v) is 38.2. The number of anilines is 1. The number of rotatable bonds is 13. The Morgan fingerprint density at radius 1 is 1.01 bits per heavy atom. The van der Waals surface area contributed by atoms with E-state index in [4.69, 9.17) is 11.6 Å². The van der Waals surface area contributed by atoms with Crippen LogP contribution in [-0.4, -0.2) is 81.9 Å². The summed E-state index contributed by atoms with van der Waals surface area (Å²) in [6.45, 7) is 1.07. The third-order valence-corrected chi connectivity index (χ3v) is 13.0. The summed E-state index contributed by atoms with van der Waals surface area (Å²) >= 11 is 7.42. The van der Waals surface area contributed by atoms with Crippen molar-refractivity contribution in [1.29, 1.82) is 0 Å². The highest BCUT2D eigenvalue weighted by molar-refractivity contribution is 8.00. The first-order valence-electron chi connectivity index (χ1n) is 19.8. The van der Waals surface area contributed by atoms with Gasteiger partial charge in [0.05, 0.1) is 40.3 Å². The fraction of sp³-hybridized carbons (Fsp3) is 0.405. The van der Waals surface area contributed by atoms with E-state index in [9.17, 15) is 54.0 Å². The molecule has 0 aliphatic heterocycles. The predicted molar refractivity (Wildman–Crippen MR) is 231 cm³/mol. The molecule has 0 radical (unpaired) electrons. The van der Waals surface area contributed by atoms with Gasteiger partial charge in [0.15, 0.2) is 11.5 Å². The number of hydrogen-bond acceptors (Lipinski definition) is 8. The second-order valence-corrected chi connectivity index (χ2v) is 19.0. The molecule has 0 bridgehead atoms. The van der Waals surface area contributed by atoms with Crippen LogP contribution in [0.1, 0.15) is 67.1 Å². The minimum atomic E-state index is -5.17. The van der Waals surface area contributed by atoms with E-state index >= 15 is 8.78 Å². The molecular weight excluding hydrogens is 970 g/mol. The van der Waals surface area contributed by atoms with Crippen molar-refractivity contribution in [2.75, 3.05) is 23.4 Å². The molecule has 0 saturated heterocycles. The summed E-state index contributed by atoms with van der Waals surface area (Å²) in [5.41, 5.74) is -4.67. The summed E-state index contributed by atoms with van der Waals surface area (Å²) in [4.78, 5) is 32.1. The van der Waals surface area contributed by atoms with Crippen LogP contribution in [0.3, 0.4) is 0 Å². The van der Waals surface area contributed by atoms with Crippen LogP contribution >= 0.6 is 23.5 Å². The highest BCUT2D eigenvalue weighted by atomic mass is 35.5. The molecule has 3 heterocycles. The van der Waals surface area contributed by atoms with Crippen molar-refractivity contribution in [3.63, 3.8) is 0 Å². The molecular formula is C42H39ClF10N8O4S2. The zero-order chi connectivity index (χ0) is 49.6. The Morgan fingerprint density at radius 3 is 2.27 bits per heavy atom. The highest BCUT2D eigenvalue weighted by Gasteiger charge is 2.50. The number of nitrogens with one attached hydrogen (secondary N) is 2. The SMILES string of the molecule is CSN(C(=O)NC(C)CO)c1nn(CC(F)(F)F)c2c(-c3ccc(C#CC(C)(C)S(C)=O)nc3C(Cc3cc(F)cc(F)c3)NC(=O)Cn3nc(C(F)(F)F)c4c3C(F)(F)CC4)ccc(Cl)c12. The van der Waals surface area contributed by atoms with Crippen molar-refractivity contribution in [3.05, 3.63) is 93.0 Å².